The van der Waals surface area contributed by atoms with Gasteiger partial charge in [0.25, 0.3) is 0 Å². The van der Waals surface area contributed by atoms with E-state index in [1.807, 2.05) is 0 Å². The molecule has 0 saturated heterocycles. The van der Waals surface area contributed by atoms with Gasteiger partial charge < -0.3 is 14.2 Å². The summed E-state index contributed by atoms with van der Waals surface area (Å²) < 4.78 is 54.2. The minimum atomic E-state index is -3.31. The molecule has 0 aliphatic heterocycles. The van der Waals surface area contributed by atoms with Crippen molar-refractivity contribution >= 4 is 23.4 Å². The summed E-state index contributed by atoms with van der Waals surface area (Å²) >= 11 is 5.77. The van der Waals surface area contributed by atoms with Crippen molar-refractivity contribution in [3.8, 4) is 11.5 Å². The largest absolute Gasteiger partial charge is 0.481 e. The Labute approximate surface area is 215 Å². The second-order valence-electron chi connectivity index (χ2n) is 10.4. The van der Waals surface area contributed by atoms with Crippen LogP contribution in [-0.2, 0) is 21.9 Å². The molecule has 198 valence electrons. The number of Topliss-reactive ketones (excluding diaryl/α,β-unsaturated/α-hetero) is 1. The van der Waals surface area contributed by atoms with Crippen molar-refractivity contribution in [3.05, 3.63) is 57.7 Å². The zero-order valence-corrected chi connectivity index (χ0v) is 21.2. The van der Waals surface area contributed by atoms with E-state index in [9.17, 15) is 27.9 Å². The Kier molecular flexibility index (Phi) is 7.25. The van der Waals surface area contributed by atoms with Gasteiger partial charge in [0.2, 0.25) is 5.76 Å². The number of nitrogens with zero attached hydrogens (tertiary/aromatic N) is 2. The topological polar surface area (TPSA) is 106 Å². The number of carboxylic acid groups (broad SMARTS) is 1. The molecule has 1 unspecified atom stereocenters. The summed E-state index contributed by atoms with van der Waals surface area (Å²) in [5.74, 6) is -6.92. The quantitative estimate of drug-likeness (QED) is 0.299. The highest BCUT2D eigenvalue weighted by atomic mass is 35.5. The van der Waals surface area contributed by atoms with Crippen LogP contribution in [0.4, 0.5) is 13.2 Å². The van der Waals surface area contributed by atoms with Crippen molar-refractivity contribution in [3.63, 3.8) is 0 Å². The molecule has 0 amide bonds. The first-order valence-corrected chi connectivity index (χ1v) is 12.2. The molecule has 0 radical (unpaired) electrons. The molecule has 0 bridgehead atoms. The Morgan fingerprint density at radius 1 is 1.14 bits per heavy atom. The lowest BCUT2D eigenvalue weighted by molar-refractivity contribution is -0.137. The SMILES string of the molecule is CC(C)(C)C(F)(F)c1cc(-c2onc(C(CC(=O)O)CC(=O)Cc3ccc(Cl)cc3F)c2C2CC2)no1. The predicted octanol–water partition coefficient (Wildman–Crippen LogP) is 6.90. The fourth-order valence-electron chi connectivity index (χ4n) is 4.16. The molecule has 4 rings (SSSR count). The first-order valence-electron chi connectivity index (χ1n) is 11.8. The molecule has 37 heavy (non-hydrogen) atoms. The highest BCUT2D eigenvalue weighted by molar-refractivity contribution is 6.30. The normalized spacial score (nSPS) is 15.1. The first-order chi connectivity index (χ1) is 17.3. The molecule has 2 aromatic heterocycles. The van der Waals surface area contributed by atoms with E-state index in [0.717, 1.165) is 25.0 Å². The number of hydrogen-bond acceptors (Lipinski definition) is 6. The van der Waals surface area contributed by atoms with E-state index < -0.39 is 47.0 Å². The van der Waals surface area contributed by atoms with Crippen molar-refractivity contribution in [1.82, 2.24) is 10.3 Å². The molecule has 2 heterocycles. The molecule has 1 aromatic carbocycles. The van der Waals surface area contributed by atoms with Crippen LogP contribution in [0.25, 0.3) is 11.5 Å². The van der Waals surface area contributed by atoms with Gasteiger partial charge in [-0.2, -0.15) is 8.78 Å². The lowest BCUT2D eigenvalue weighted by Gasteiger charge is -2.27. The Morgan fingerprint density at radius 2 is 1.84 bits per heavy atom. The lowest BCUT2D eigenvalue weighted by atomic mass is 9.86. The van der Waals surface area contributed by atoms with E-state index in [1.54, 1.807) is 0 Å². The monoisotopic (exact) mass is 538 g/mol. The summed E-state index contributed by atoms with van der Waals surface area (Å²) in [6, 6.07) is 5.07. The third kappa shape index (κ3) is 5.74. The van der Waals surface area contributed by atoms with Crippen LogP contribution < -0.4 is 0 Å². The fourth-order valence-corrected chi connectivity index (χ4v) is 4.31. The average Bonchev–Trinajstić information content (AvgIpc) is 3.32. The zero-order chi connectivity index (χ0) is 27.1. The number of halogens is 4. The summed E-state index contributed by atoms with van der Waals surface area (Å²) in [6.07, 6.45) is 0.609. The van der Waals surface area contributed by atoms with Crippen molar-refractivity contribution in [1.29, 1.82) is 0 Å². The van der Waals surface area contributed by atoms with Crippen LogP contribution in [0.5, 0.6) is 0 Å². The van der Waals surface area contributed by atoms with Crippen LogP contribution in [0, 0.1) is 11.2 Å². The van der Waals surface area contributed by atoms with Crippen molar-refractivity contribution in [2.24, 2.45) is 5.41 Å². The van der Waals surface area contributed by atoms with Crippen LogP contribution in [0.15, 0.2) is 33.3 Å². The summed E-state index contributed by atoms with van der Waals surface area (Å²) in [7, 11) is 0. The number of alkyl halides is 2. The molecule has 1 N–H and O–H groups in total. The summed E-state index contributed by atoms with van der Waals surface area (Å²) in [5, 5.41) is 17.5. The minimum absolute atomic E-state index is 0.0169. The Balaban J connectivity index is 1.64. The number of aliphatic carboxylic acids is 1. The van der Waals surface area contributed by atoms with Crippen molar-refractivity contribution in [2.75, 3.05) is 0 Å². The number of ketones is 1. The van der Waals surface area contributed by atoms with E-state index in [4.69, 9.17) is 20.6 Å². The maximum atomic E-state index is 14.8. The Hall–Kier alpha value is -3.14. The summed E-state index contributed by atoms with van der Waals surface area (Å²) in [5.41, 5.74) is -0.468. The molecular formula is C26H26ClF3N2O5. The van der Waals surface area contributed by atoms with E-state index >= 15 is 0 Å². The van der Waals surface area contributed by atoms with E-state index in [-0.39, 0.29) is 46.5 Å². The minimum Gasteiger partial charge on any atom is -0.481 e. The molecule has 0 spiro atoms. The van der Waals surface area contributed by atoms with Gasteiger partial charge in [-0.3, -0.25) is 9.59 Å². The molecule has 1 aliphatic carbocycles. The molecule has 11 heteroatoms. The van der Waals surface area contributed by atoms with Gasteiger partial charge >= 0.3 is 11.9 Å². The number of carbonyl (C=O) groups excluding carboxylic acids is 1. The molecule has 1 saturated carbocycles. The predicted molar refractivity (Wildman–Crippen MR) is 127 cm³/mol. The van der Waals surface area contributed by atoms with E-state index in [1.165, 1.54) is 32.9 Å². The van der Waals surface area contributed by atoms with Gasteiger partial charge in [0.05, 0.1) is 12.1 Å². The lowest BCUT2D eigenvalue weighted by Crippen LogP contribution is -2.30. The average molecular weight is 539 g/mol. The molecule has 1 aliphatic rings. The smallest absolute Gasteiger partial charge is 0.312 e. The van der Waals surface area contributed by atoms with Crippen LogP contribution in [0.2, 0.25) is 5.02 Å². The van der Waals surface area contributed by atoms with Gasteiger partial charge in [-0.25, -0.2) is 4.39 Å². The van der Waals surface area contributed by atoms with Gasteiger partial charge in [0.15, 0.2) is 11.5 Å². The Bertz CT molecular complexity index is 1320. The maximum absolute atomic E-state index is 14.8. The van der Waals surface area contributed by atoms with Gasteiger partial charge in [0.1, 0.15) is 11.6 Å². The third-order valence-corrected chi connectivity index (χ3v) is 6.66. The first kappa shape index (κ1) is 26.9. The van der Waals surface area contributed by atoms with Gasteiger partial charge in [-0.1, -0.05) is 48.8 Å². The number of carbonyl (C=O) groups is 2. The Morgan fingerprint density at radius 3 is 2.43 bits per heavy atom. The molecule has 3 aromatic rings. The molecular weight excluding hydrogens is 513 g/mol. The number of carboxylic acids is 1. The molecule has 1 fully saturated rings. The van der Waals surface area contributed by atoms with E-state index in [2.05, 4.69) is 10.3 Å². The van der Waals surface area contributed by atoms with E-state index in [0.29, 0.717) is 5.56 Å². The van der Waals surface area contributed by atoms with Crippen molar-refractivity contribution < 1.29 is 36.9 Å². The zero-order valence-electron chi connectivity index (χ0n) is 20.5. The highest BCUT2D eigenvalue weighted by Gasteiger charge is 2.49. The maximum Gasteiger partial charge on any atom is 0.312 e. The third-order valence-electron chi connectivity index (χ3n) is 6.42. The van der Waals surface area contributed by atoms with Crippen LogP contribution in [0.1, 0.15) is 80.9 Å². The van der Waals surface area contributed by atoms with Crippen LogP contribution >= 0.6 is 11.6 Å². The fraction of sp³-hybridized carbons (Fsp3) is 0.462. The van der Waals surface area contributed by atoms with Gasteiger partial charge in [-0.05, 0) is 36.5 Å². The number of rotatable bonds is 10. The molecule has 1 atom stereocenters. The van der Waals surface area contributed by atoms with Crippen molar-refractivity contribution in [2.45, 2.75) is 70.6 Å². The van der Waals surface area contributed by atoms with Crippen LogP contribution in [-0.4, -0.2) is 27.2 Å². The highest BCUT2D eigenvalue weighted by Crippen LogP contribution is 2.50. The number of benzene rings is 1. The summed E-state index contributed by atoms with van der Waals surface area (Å²) in [6.45, 7) is 4.13. The number of aromatic nitrogens is 2. The standard InChI is InChI=1S/C26H26ClF3N2O5/c1-25(2,3)26(29,30)20-12-19(31-36-20)24-22(13-4-5-13)23(32-37-24)15(10-21(34)35)9-17(33)8-14-6-7-16(27)11-18(14)28/h6-7,11-13,15H,4-5,8-10H2,1-3H3,(H,34,35). The summed E-state index contributed by atoms with van der Waals surface area (Å²) in [4.78, 5) is 24.5. The number of hydrogen-bond donors (Lipinski definition) is 1. The van der Waals surface area contributed by atoms with Gasteiger partial charge in [-0.15, -0.1) is 0 Å². The molecule has 7 nitrogen and oxygen atoms in total. The second-order valence-corrected chi connectivity index (χ2v) is 10.9. The van der Waals surface area contributed by atoms with Crippen LogP contribution in [0.3, 0.4) is 0 Å². The second kappa shape index (κ2) is 9.96. The van der Waals surface area contributed by atoms with Gasteiger partial charge in [0, 0.05) is 40.8 Å².